The summed E-state index contributed by atoms with van der Waals surface area (Å²) in [6.45, 7) is 4.85. The lowest BCUT2D eigenvalue weighted by Gasteiger charge is -2.26. The predicted molar refractivity (Wildman–Crippen MR) is 64.4 cm³/mol. The fourth-order valence-electron chi connectivity index (χ4n) is 2.21. The van der Waals surface area contributed by atoms with Crippen LogP contribution in [0.5, 0.6) is 0 Å². The molecule has 1 aromatic carbocycles. The van der Waals surface area contributed by atoms with Crippen molar-refractivity contribution in [3.05, 3.63) is 36.0 Å². The Kier molecular flexibility index (Phi) is 2.64. The molecule has 3 heteroatoms. The molecule has 2 heterocycles. The normalized spacial score (nSPS) is 18.0. The van der Waals surface area contributed by atoms with Gasteiger partial charge in [0.2, 0.25) is 0 Å². The van der Waals surface area contributed by atoms with Crippen molar-refractivity contribution in [1.29, 1.82) is 0 Å². The Morgan fingerprint density at radius 3 is 2.94 bits per heavy atom. The van der Waals surface area contributed by atoms with Crippen LogP contribution in [0.15, 0.2) is 30.5 Å². The number of nitrogens with one attached hydrogen (secondary N) is 1. The molecule has 2 aromatic rings. The fourth-order valence-corrected chi connectivity index (χ4v) is 2.21. The summed E-state index contributed by atoms with van der Waals surface area (Å²) in [5.74, 6) is 0. The van der Waals surface area contributed by atoms with Crippen LogP contribution < -0.4 is 0 Å². The van der Waals surface area contributed by atoms with Crippen molar-refractivity contribution in [1.82, 2.24) is 9.88 Å². The van der Waals surface area contributed by atoms with Crippen molar-refractivity contribution in [2.24, 2.45) is 0 Å². The summed E-state index contributed by atoms with van der Waals surface area (Å²) in [7, 11) is 0. The largest absolute Gasteiger partial charge is 0.379 e. The Morgan fingerprint density at radius 2 is 2.06 bits per heavy atom. The highest BCUT2D eigenvalue weighted by molar-refractivity contribution is 5.79. The van der Waals surface area contributed by atoms with E-state index in [0.29, 0.717) is 0 Å². The molecule has 1 fully saturated rings. The molecule has 0 radical (unpaired) electrons. The molecule has 0 amide bonds. The number of nitrogens with zero attached hydrogens (tertiary/aromatic N) is 1. The van der Waals surface area contributed by atoms with Gasteiger partial charge in [0, 0.05) is 31.3 Å². The maximum absolute atomic E-state index is 5.35. The van der Waals surface area contributed by atoms with Crippen molar-refractivity contribution in [3.63, 3.8) is 0 Å². The van der Waals surface area contributed by atoms with Gasteiger partial charge in [0.25, 0.3) is 0 Å². The molecule has 1 aromatic heterocycles. The summed E-state index contributed by atoms with van der Waals surface area (Å²) in [5, 5.41) is 1.28. The molecule has 1 aliphatic heterocycles. The number of aromatic amines is 1. The maximum Gasteiger partial charge on any atom is 0.0594 e. The van der Waals surface area contributed by atoms with E-state index in [2.05, 4.69) is 34.1 Å². The predicted octanol–water partition coefficient (Wildman–Crippen LogP) is 2.00. The minimum absolute atomic E-state index is 0.866. The summed E-state index contributed by atoms with van der Waals surface area (Å²) < 4.78 is 5.35. The minimum atomic E-state index is 0.866. The number of aromatic nitrogens is 1. The van der Waals surface area contributed by atoms with Gasteiger partial charge in [-0.3, -0.25) is 4.90 Å². The first-order valence-corrected chi connectivity index (χ1v) is 5.78. The molecule has 3 nitrogen and oxygen atoms in total. The second-order valence-corrected chi connectivity index (χ2v) is 4.29. The lowest BCUT2D eigenvalue weighted by atomic mass is 10.1. The third kappa shape index (κ3) is 1.96. The highest BCUT2D eigenvalue weighted by Crippen LogP contribution is 2.15. The Hall–Kier alpha value is -1.32. The lowest BCUT2D eigenvalue weighted by molar-refractivity contribution is 0.0342. The molecule has 1 saturated heterocycles. The fraction of sp³-hybridized carbons (Fsp3) is 0.385. The zero-order valence-corrected chi connectivity index (χ0v) is 9.28. The number of morpholine rings is 1. The molecular formula is C13H16N2O. The smallest absolute Gasteiger partial charge is 0.0594 e. The van der Waals surface area contributed by atoms with Gasteiger partial charge < -0.3 is 9.72 Å². The van der Waals surface area contributed by atoms with Crippen LogP contribution in [0.3, 0.4) is 0 Å². The van der Waals surface area contributed by atoms with Crippen molar-refractivity contribution in [2.45, 2.75) is 6.54 Å². The van der Waals surface area contributed by atoms with E-state index >= 15 is 0 Å². The number of H-pyrrole nitrogens is 1. The van der Waals surface area contributed by atoms with E-state index in [-0.39, 0.29) is 0 Å². The number of rotatable bonds is 2. The Morgan fingerprint density at radius 1 is 1.19 bits per heavy atom. The van der Waals surface area contributed by atoms with Crippen LogP contribution >= 0.6 is 0 Å². The molecular weight excluding hydrogens is 200 g/mol. The van der Waals surface area contributed by atoms with Gasteiger partial charge in [-0.05, 0) is 23.1 Å². The zero-order chi connectivity index (χ0) is 10.8. The maximum atomic E-state index is 5.35. The standard InChI is InChI=1S/C13H16N2O/c1-2-12-3-4-14-13(12)9-11(1)10-15-5-7-16-8-6-15/h1-4,9,14H,5-8,10H2. The highest BCUT2D eigenvalue weighted by Gasteiger charge is 2.10. The van der Waals surface area contributed by atoms with E-state index in [9.17, 15) is 0 Å². The van der Waals surface area contributed by atoms with E-state index in [1.807, 2.05) is 6.20 Å². The molecule has 3 rings (SSSR count). The molecule has 0 aliphatic carbocycles. The summed E-state index contributed by atoms with van der Waals surface area (Å²) in [6, 6.07) is 8.74. The molecule has 1 aliphatic rings. The summed E-state index contributed by atoms with van der Waals surface area (Å²) in [6.07, 6.45) is 1.99. The number of ether oxygens (including phenoxy) is 1. The topological polar surface area (TPSA) is 28.3 Å². The second-order valence-electron chi connectivity index (χ2n) is 4.29. The first-order valence-electron chi connectivity index (χ1n) is 5.78. The highest BCUT2D eigenvalue weighted by atomic mass is 16.5. The molecule has 0 bridgehead atoms. The van der Waals surface area contributed by atoms with E-state index in [1.165, 1.54) is 16.5 Å². The number of hydrogen-bond donors (Lipinski definition) is 1. The monoisotopic (exact) mass is 216 g/mol. The van der Waals surface area contributed by atoms with Gasteiger partial charge in [0.1, 0.15) is 0 Å². The molecule has 0 unspecified atom stereocenters. The average molecular weight is 216 g/mol. The second kappa shape index (κ2) is 4.28. The van der Waals surface area contributed by atoms with Crippen molar-refractivity contribution in [2.75, 3.05) is 26.3 Å². The number of hydrogen-bond acceptors (Lipinski definition) is 2. The van der Waals surface area contributed by atoms with E-state index in [4.69, 9.17) is 4.74 Å². The van der Waals surface area contributed by atoms with Crippen LogP contribution in [0.1, 0.15) is 5.56 Å². The molecule has 0 spiro atoms. The van der Waals surface area contributed by atoms with Gasteiger partial charge in [0.15, 0.2) is 0 Å². The van der Waals surface area contributed by atoms with Crippen molar-refractivity contribution < 1.29 is 4.74 Å². The van der Waals surface area contributed by atoms with Gasteiger partial charge in [-0.15, -0.1) is 0 Å². The number of fused-ring (bicyclic) bond motifs is 1. The van der Waals surface area contributed by atoms with Gasteiger partial charge in [-0.2, -0.15) is 0 Å². The molecule has 0 atom stereocenters. The SMILES string of the molecule is c1cc2ccc(CN3CCOCC3)cc2[nH]1. The van der Waals surface area contributed by atoms with Crippen LogP contribution in [-0.4, -0.2) is 36.2 Å². The Balaban J connectivity index is 1.77. The van der Waals surface area contributed by atoms with Crippen LogP contribution in [0.2, 0.25) is 0 Å². The van der Waals surface area contributed by atoms with Crippen LogP contribution in [-0.2, 0) is 11.3 Å². The van der Waals surface area contributed by atoms with Crippen molar-refractivity contribution in [3.8, 4) is 0 Å². The summed E-state index contributed by atoms with van der Waals surface area (Å²) in [5.41, 5.74) is 2.60. The number of benzene rings is 1. The molecule has 0 saturated carbocycles. The molecule has 1 N–H and O–H groups in total. The lowest BCUT2D eigenvalue weighted by Crippen LogP contribution is -2.35. The van der Waals surface area contributed by atoms with E-state index in [1.54, 1.807) is 0 Å². The molecule has 16 heavy (non-hydrogen) atoms. The van der Waals surface area contributed by atoms with Crippen molar-refractivity contribution >= 4 is 10.9 Å². The van der Waals surface area contributed by atoms with Gasteiger partial charge in [-0.25, -0.2) is 0 Å². The third-order valence-electron chi connectivity index (χ3n) is 3.13. The average Bonchev–Trinajstić information content (AvgIpc) is 2.77. The minimum Gasteiger partial charge on any atom is -0.379 e. The summed E-state index contributed by atoms with van der Waals surface area (Å²) in [4.78, 5) is 5.69. The van der Waals surface area contributed by atoms with Gasteiger partial charge >= 0.3 is 0 Å². The van der Waals surface area contributed by atoms with Crippen LogP contribution in [0.4, 0.5) is 0 Å². The Bertz CT molecular complexity index is 471. The first-order chi connectivity index (χ1) is 7.92. The molecule has 84 valence electrons. The van der Waals surface area contributed by atoms with Crippen LogP contribution in [0.25, 0.3) is 10.9 Å². The first kappa shape index (κ1) is 9.87. The van der Waals surface area contributed by atoms with Crippen LogP contribution in [0, 0.1) is 0 Å². The van der Waals surface area contributed by atoms with E-state index < -0.39 is 0 Å². The van der Waals surface area contributed by atoms with Gasteiger partial charge in [0.05, 0.1) is 13.2 Å². The summed E-state index contributed by atoms with van der Waals surface area (Å²) >= 11 is 0. The quantitative estimate of drug-likeness (QED) is 0.831. The zero-order valence-electron chi connectivity index (χ0n) is 9.28. The Labute approximate surface area is 95.0 Å². The van der Waals surface area contributed by atoms with E-state index in [0.717, 1.165) is 32.8 Å². The third-order valence-corrected chi connectivity index (χ3v) is 3.13. The van der Waals surface area contributed by atoms with Gasteiger partial charge in [-0.1, -0.05) is 12.1 Å².